The zero-order valence-corrected chi connectivity index (χ0v) is 10.9. The monoisotopic (exact) mass is 315 g/mol. The standard InChI is InChI=1S/C12H11BrFNO3/c1-2-3-10(12(17)18)15-11(16)7-4-5-9(14)8(13)6-7/h2,4-6,10H,1,3H2,(H,15,16)(H,17,18). The van der Waals surface area contributed by atoms with Gasteiger partial charge in [-0.3, -0.25) is 4.79 Å². The number of amides is 1. The molecule has 0 aliphatic heterocycles. The molecule has 0 radical (unpaired) electrons. The van der Waals surface area contributed by atoms with Crippen molar-refractivity contribution in [3.05, 3.63) is 46.7 Å². The van der Waals surface area contributed by atoms with Gasteiger partial charge >= 0.3 is 5.97 Å². The summed E-state index contributed by atoms with van der Waals surface area (Å²) >= 11 is 2.95. The second-order valence-corrected chi connectivity index (χ2v) is 4.37. The molecule has 1 rings (SSSR count). The Kier molecular flexibility index (Phi) is 5.03. The van der Waals surface area contributed by atoms with E-state index in [9.17, 15) is 14.0 Å². The largest absolute Gasteiger partial charge is 0.480 e. The van der Waals surface area contributed by atoms with Crippen LogP contribution in [0.25, 0.3) is 0 Å². The predicted molar refractivity (Wildman–Crippen MR) is 67.8 cm³/mol. The summed E-state index contributed by atoms with van der Waals surface area (Å²) < 4.78 is 13.1. The molecule has 0 bridgehead atoms. The molecule has 0 fully saturated rings. The zero-order valence-electron chi connectivity index (χ0n) is 9.32. The number of carboxylic acid groups (broad SMARTS) is 1. The van der Waals surface area contributed by atoms with Crippen molar-refractivity contribution in [2.45, 2.75) is 12.5 Å². The van der Waals surface area contributed by atoms with E-state index < -0.39 is 23.7 Å². The molecule has 1 atom stereocenters. The number of aliphatic carboxylic acids is 1. The number of halogens is 2. The molecular weight excluding hydrogens is 305 g/mol. The van der Waals surface area contributed by atoms with Crippen LogP contribution in [0.1, 0.15) is 16.8 Å². The molecule has 0 aliphatic carbocycles. The molecule has 0 saturated heterocycles. The quantitative estimate of drug-likeness (QED) is 0.820. The van der Waals surface area contributed by atoms with Crippen LogP contribution in [0.3, 0.4) is 0 Å². The van der Waals surface area contributed by atoms with Gasteiger partial charge in [-0.15, -0.1) is 6.58 Å². The number of benzene rings is 1. The smallest absolute Gasteiger partial charge is 0.326 e. The third-order valence-electron chi connectivity index (χ3n) is 2.19. The fraction of sp³-hybridized carbons (Fsp3) is 0.167. The molecule has 18 heavy (non-hydrogen) atoms. The number of nitrogens with one attached hydrogen (secondary N) is 1. The van der Waals surface area contributed by atoms with Gasteiger partial charge in [-0.1, -0.05) is 6.08 Å². The molecule has 1 aromatic carbocycles. The Morgan fingerprint density at radius 1 is 1.56 bits per heavy atom. The van der Waals surface area contributed by atoms with Crippen molar-refractivity contribution in [2.75, 3.05) is 0 Å². The van der Waals surface area contributed by atoms with Gasteiger partial charge in [-0.05, 0) is 40.5 Å². The van der Waals surface area contributed by atoms with Crippen LogP contribution in [0.5, 0.6) is 0 Å². The lowest BCUT2D eigenvalue weighted by Crippen LogP contribution is -2.40. The maximum absolute atomic E-state index is 13.0. The Morgan fingerprint density at radius 2 is 2.22 bits per heavy atom. The van der Waals surface area contributed by atoms with E-state index in [2.05, 4.69) is 27.8 Å². The molecule has 1 aromatic rings. The summed E-state index contributed by atoms with van der Waals surface area (Å²) in [5.41, 5.74) is 0.179. The topological polar surface area (TPSA) is 66.4 Å². The lowest BCUT2D eigenvalue weighted by atomic mass is 10.1. The average Bonchev–Trinajstić information content (AvgIpc) is 2.31. The molecule has 96 valence electrons. The Bertz CT molecular complexity index is 490. The first kappa shape index (κ1) is 14.4. The van der Waals surface area contributed by atoms with Crippen molar-refractivity contribution in [3.63, 3.8) is 0 Å². The predicted octanol–water partition coefficient (Wildman–Crippen LogP) is 2.35. The van der Waals surface area contributed by atoms with E-state index in [0.29, 0.717) is 0 Å². The summed E-state index contributed by atoms with van der Waals surface area (Å²) in [6, 6.07) is 2.65. The molecular formula is C12H11BrFNO3. The zero-order chi connectivity index (χ0) is 13.7. The molecule has 0 aromatic heterocycles. The van der Waals surface area contributed by atoms with Crippen LogP contribution in [0.15, 0.2) is 35.3 Å². The van der Waals surface area contributed by atoms with E-state index in [1.54, 1.807) is 0 Å². The molecule has 2 N–H and O–H groups in total. The number of carbonyl (C=O) groups is 2. The number of carboxylic acids is 1. The molecule has 6 heteroatoms. The van der Waals surface area contributed by atoms with Crippen LogP contribution in [-0.2, 0) is 4.79 Å². The van der Waals surface area contributed by atoms with Crippen LogP contribution < -0.4 is 5.32 Å². The Hall–Kier alpha value is -1.69. The minimum Gasteiger partial charge on any atom is -0.480 e. The van der Waals surface area contributed by atoms with Crippen molar-refractivity contribution >= 4 is 27.8 Å². The highest BCUT2D eigenvalue weighted by molar-refractivity contribution is 9.10. The van der Waals surface area contributed by atoms with E-state index in [4.69, 9.17) is 5.11 Å². The first-order valence-corrected chi connectivity index (χ1v) is 5.84. The van der Waals surface area contributed by atoms with E-state index in [1.165, 1.54) is 18.2 Å². The van der Waals surface area contributed by atoms with Crippen LogP contribution in [-0.4, -0.2) is 23.0 Å². The second kappa shape index (κ2) is 6.30. The van der Waals surface area contributed by atoms with Crippen molar-refractivity contribution in [2.24, 2.45) is 0 Å². The molecule has 0 aliphatic rings. The third kappa shape index (κ3) is 3.66. The summed E-state index contributed by atoms with van der Waals surface area (Å²) in [4.78, 5) is 22.6. The van der Waals surface area contributed by atoms with Gasteiger partial charge in [0.15, 0.2) is 0 Å². The average molecular weight is 316 g/mol. The van der Waals surface area contributed by atoms with E-state index >= 15 is 0 Å². The summed E-state index contributed by atoms with van der Waals surface area (Å²) in [6.07, 6.45) is 1.52. The number of carbonyl (C=O) groups excluding carboxylic acids is 1. The number of hydrogen-bond donors (Lipinski definition) is 2. The van der Waals surface area contributed by atoms with E-state index in [-0.39, 0.29) is 16.5 Å². The fourth-order valence-electron chi connectivity index (χ4n) is 1.27. The van der Waals surface area contributed by atoms with Crippen LogP contribution in [0, 0.1) is 5.82 Å². The van der Waals surface area contributed by atoms with Crippen molar-refractivity contribution in [3.8, 4) is 0 Å². The maximum Gasteiger partial charge on any atom is 0.326 e. The van der Waals surface area contributed by atoms with Gasteiger partial charge in [0.1, 0.15) is 11.9 Å². The van der Waals surface area contributed by atoms with Gasteiger partial charge in [0.25, 0.3) is 5.91 Å². The summed E-state index contributed by atoms with van der Waals surface area (Å²) in [5.74, 6) is -2.22. The molecule has 0 heterocycles. The Balaban J connectivity index is 2.83. The van der Waals surface area contributed by atoms with Crippen molar-refractivity contribution < 1.29 is 19.1 Å². The molecule has 1 unspecified atom stereocenters. The summed E-state index contributed by atoms with van der Waals surface area (Å²) in [6.45, 7) is 3.42. The van der Waals surface area contributed by atoms with Gasteiger partial charge in [0.2, 0.25) is 0 Å². The first-order valence-electron chi connectivity index (χ1n) is 5.05. The molecule has 1 amide bonds. The second-order valence-electron chi connectivity index (χ2n) is 3.52. The maximum atomic E-state index is 13.0. The normalized spacial score (nSPS) is 11.7. The van der Waals surface area contributed by atoms with Gasteiger partial charge in [-0.25, -0.2) is 9.18 Å². The van der Waals surface area contributed by atoms with Crippen LogP contribution >= 0.6 is 15.9 Å². The Labute approximate surface area is 112 Å². The van der Waals surface area contributed by atoms with Gasteiger partial charge in [0.05, 0.1) is 4.47 Å². The van der Waals surface area contributed by atoms with Crippen molar-refractivity contribution in [1.29, 1.82) is 0 Å². The SMILES string of the molecule is C=CCC(NC(=O)c1ccc(F)c(Br)c1)C(=O)O. The van der Waals surface area contributed by atoms with Gasteiger partial charge in [0, 0.05) is 5.56 Å². The van der Waals surface area contributed by atoms with Gasteiger partial charge < -0.3 is 10.4 Å². The van der Waals surface area contributed by atoms with Crippen molar-refractivity contribution in [1.82, 2.24) is 5.32 Å². The highest BCUT2D eigenvalue weighted by Crippen LogP contribution is 2.16. The first-order chi connectivity index (χ1) is 8.45. The highest BCUT2D eigenvalue weighted by Gasteiger charge is 2.19. The van der Waals surface area contributed by atoms with E-state index in [0.717, 1.165) is 6.07 Å². The number of rotatable bonds is 5. The third-order valence-corrected chi connectivity index (χ3v) is 2.80. The highest BCUT2D eigenvalue weighted by atomic mass is 79.9. The number of hydrogen-bond acceptors (Lipinski definition) is 2. The Morgan fingerprint density at radius 3 is 2.72 bits per heavy atom. The minimum atomic E-state index is -1.15. The fourth-order valence-corrected chi connectivity index (χ4v) is 1.65. The molecule has 0 spiro atoms. The molecule has 4 nitrogen and oxygen atoms in total. The molecule has 0 saturated carbocycles. The summed E-state index contributed by atoms with van der Waals surface area (Å²) in [7, 11) is 0. The lowest BCUT2D eigenvalue weighted by molar-refractivity contribution is -0.139. The van der Waals surface area contributed by atoms with E-state index in [1.807, 2.05) is 0 Å². The van der Waals surface area contributed by atoms with Gasteiger partial charge in [-0.2, -0.15) is 0 Å². The van der Waals surface area contributed by atoms with Crippen LogP contribution in [0.4, 0.5) is 4.39 Å². The minimum absolute atomic E-state index is 0.115. The lowest BCUT2D eigenvalue weighted by Gasteiger charge is -2.12. The van der Waals surface area contributed by atoms with Crippen LogP contribution in [0.2, 0.25) is 0 Å². The summed E-state index contributed by atoms with van der Waals surface area (Å²) in [5, 5.41) is 11.2.